The topological polar surface area (TPSA) is 58.4 Å². The molecule has 1 unspecified atom stereocenters. The summed E-state index contributed by atoms with van der Waals surface area (Å²) < 4.78 is 18.3. The van der Waals surface area contributed by atoms with E-state index in [0.29, 0.717) is 11.0 Å². The highest BCUT2D eigenvalue weighted by Crippen LogP contribution is 2.25. The number of carbonyl (C=O) groups excluding carboxylic acids is 1. The second-order valence-corrected chi connectivity index (χ2v) is 5.26. The smallest absolute Gasteiger partial charge is 0.230 e. The van der Waals surface area contributed by atoms with E-state index in [1.54, 1.807) is 0 Å². The fourth-order valence-corrected chi connectivity index (χ4v) is 2.60. The number of carbonyl (C=O) groups is 1. The lowest BCUT2D eigenvalue weighted by Gasteiger charge is -2.28. The van der Waals surface area contributed by atoms with Crippen molar-refractivity contribution in [3.05, 3.63) is 24.0 Å². The maximum atomic E-state index is 13.2. The third-order valence-corrected chi connectivity index (χ3v) is 3.67. The fraction of sp³-hybridized carbons (Fsp3) is 0.429. The lowest BCUT2D eigenvalue weighted by Crippen LogP contribution is -2.38. The van der Waals surface area contributed by atoms with E-state index in [0.717, 1.165) is 25.9 Å². The summed E-state index contributed by atoms with van der Waals surface area (Å²) in [6.45, 7) is 1.75. The Labute approximate surface area is 115 Å². The second kappa shape index (κ2) is 5.20. The third-order valence-electron chi connectivity index (χ3n) is 3.67. The van der Waals surface area contributed by atoms with Gasteiger partial charge in [0.15, 0.2) is 11.4 Å². The first kappa shape index (κ1) is 13.1. The van der Waals surface area contributed by atoms with Gasteiger partial charge in [0.1, 0.15) is 5.82 Å². The van der Waals surface area contributed by atoms with Crippen molar-refractivity contribution in [2.24, 2.45) is 5.92 Å². The van der Waals surface area contributed by atoms with Crippen LogP contribution >= 0.6 is 0 Å². The van der Waals surface area contributed by atoms with Crippen molar-refractivity contribution in [3.8, 4) is 0 Å². The molecule has 0 aliphatic carbocycles. The van der Waals surface area contributed by atoms with Crippen molar-refractivity contribution < 1.29 is 13.7 Å². The maximum Gasteiger partial charge on any atom is 0.230 e. The number of anilines is 1. The summed E-state index contributed by atoms with van der Waals surface area (Å²) in [7, 11) is 2.00. The standard InChI is InChI=1S/C14H16FN3O2/c1-18-6-2-3-9(8-18)14(19)16-13-11-7-10(15)4-5-12(11)20-17-13/h4-5,7,9H,2-3,6,8H2,1H3,(H,16,17,19). The molecule has 20 heavy (non-hydrogen) atoms. The van der Waals surface area contributed by atoms with Gasteiger partial charge in [-0.25, -0.2) is 4.39 Å². The Kier molecular flexibility index (Phi) is 3.40. The molecule has 5 nitrogen and oxygen atoms in total. The van der Waals surface area contributed by atoms with E-state index >= 15 is 0 Å². The van der Waals surface area contributed by atoms with Gasteiger partial charge in [0.25, 0.3) is 0 Å². The molecule has 1 atom stereocenters. The van der Waals surface area contributed by atoms with Crippen LogP contribution in [0.4, 0.5) is 10.2 Å². The molecule has 0 spiro atoms. The zero-order chi connectivity index (χ0) is 14.1. The van der Waals surface area contributed by atoms with Gasteiger partial charge < -0.3 is 14.7 Å². The van der Waals surface area contributed by atoms with Gasteiger partial charge >= 0.3 is 0 Å². The highest BCUT2D eigenvalue weighted by Gasteiger charge is 2.25. The predicted octanol–water partition coefficient (Wildman–Crippen LogP) is 2.25. The quantitative estimate of drug-likeness (QED) is 0.914. The van der Waals surface area contributed by atoms with E-state index in [2.05, 4.69) is 15.4 Å². The molecule has 1 N–H and O–H groups in total. The lowest BCUT2D eigenvalue weighted by atomic mass is 9.97. The zero-order valence-corrected chi connectivity index (χ0v) is 11.2. The Morgan fingerprint density at radius 1 is 1.55 bits per heavy atom. The van der Waals surface area contributed by atoms with Gasteiger partial charge in [-0.3, -0.25) is 4.79 Å². The van der Waals surface area contributed by atoms with Crippen molar-refractivity contribution in [2.75, 3.05) is 25.5 Å². The molecular weight excluding hydrogens is 261 g/mol. The van der Waals surface area contributed by atoms with Crippen LogP contribution in [-0.4, -0.2) is 36.1 Å². The molecule has 3 rings (SSSR count). The first-order chi connectivity index (χ1) is 9.63. The minimum absolute atomic E-state index is 0.0611. The number of nitrogens with one attached hydrogen (secondary N) is 1. The average Bonchev–Trinajstić information content (AvgIpc) is 2.81. The Morgan fingerprint density at radius 3 is 3.20 bits per heavy atom. The molecule has 1 amide bonds. The molecule has 6 heteroatoms. The predicted molar refractivity (Wildman–Crippen MR) is 72.8 cm³/mol. The summed E-state index contributed by atoms with van der Waals surface area (Å²) in [5, 5.41) is 7.04. The van der Waals surface area contributed by atoms with Crippen LogP contribution in [0.5, 0.6) is 0 Å². The Hall–Kier alpha value is -1.95. The number of fused-ring (bicyclic) bond motifs is 1. The van der Waals surface area contributed by atoms with E-state index in [-0.39, 0.29) is 23.5 Å². The highest BCUT2D eigenvalue weighted by atomic mass is 19.1. The van der Waals surface area contributed by atoms with Crippen molar-refractivity contribution in [1.82, 2.24) is 10.1 Å². The SMILES string of the molecule is CN1CCCC(C(=O)Nc2noc3ccc(F)cc23)C1. The lowest BCUT2D eigenvalue weighted by molar-refractivity contribution is -0.121. The first-order valence-corrected chi connectivity index (χ1v) is 6.68. The Balaban J connectivity index is 1.78. The molecule has 1 aliphatic rings. The molecule has 1 aromatic carbocycles. The van der Waals surface area contributed by atoms with Crippen LogP contribution < -0.4 is 5.32 Å². The van der Waals surface area contributed by atoms with E-state index in [9.17, 15) is 9.18 Å². The Morgan fingerprint density at radius 2 is 2.40 bits per heavy atom. The third kappa shape index (κ3) is 2.51. The molecule has 1 fully saturated rings. The number of aromatic nitrogens is 1. The van der Waals surface area contributed by atoms with Crippen LogP contribution in [0.15, 0.2) is 22.7 Å². The molecular formula is C14H16FN3O2. The van der Waals surface area contributed by atoms with Crippen LogP contribution in [-0.2, 0) is 4.79 Å². The molecule has 1 aromatic heterocycles. The van der Waals surface area contributed by atoms with Crippen molar-refractivity contribution >= 4 is 22.7 Å². The summed E-state index contributed by atoms with van der Waals surface area (Å²) >= 11 is 0. The first-order valence-electron chi connectivity index (χ1n) is 6.68. The van der Waals surface area contributed by atoms with Gasteiger partial charge in [0.05, 0.1) is 11.3 Å². The number of nitrogens with zero attached hydrogens (tertiary/aromatic N) is 2. The number of rotatable bonds is 2. The van der Waals surface area contributed by atoms with E-state index in [4.69, 9.17) is 4.52 Å². The van der Waals surface area contributed by atoms with E-state index in [1.807, 2.05) is 7.05 Å². The minimum atomic E-state index is -0.381. The van der Waals surface area contributed by atoms with Crippen molar-refractivity contribution in [2.45, 2.75) is 12.8 Å². The molecule has 2 aromatic rings. The van der Waals surface area contributed by atoms with Crippen LogP contribution in [0.3, 0.4) is 0 Å². The van der Waals surface area contributed by atoms with Gasteiger partial charge in [-0.2, -0.15) is 0 Å². The van der Waals surface area contributed by atoms with Gasteiger partial charge in [0, 0.05) is 6.54 Å². The number of benzene rings is 1. The molecule has 2 heterocycles. The van der Waals surface area contributed by atoms with E-state index < -0.39 is 0 Å². The largest absolute Gasteiger partial charge is 0.354 e. The summed E-state index contributed by atoms with van der Waals surface area (Å²) in [4.78, 5) is 14.4. The summed E-state index contributed by atoms with van der Waals surface area (Å²) in [6, 6.07) is 4.12. The van der Waals surface area contributed by atoms with Gasteiger partial charge in [-0.1, -0.05) is 5.16 Å². The van der Waals surface area contributed by atoms with Crippen LogP contribution in [0, 0.1) is 11.7 Å². The number of piperidine rings is 1. The summed E-state index contributed by atoms with van der Waals surface area (Å²) in [5.41, 5.74) is 0.461. The summed E-state index contributed by atoms with van der Waals surface area (Å²) in [5.74, 6) is -0.239. The van der Waals surface area contributed by atoms with Crippen molar-refractivity contribution in [1.29, 1.82) is 0 Å². The maximum absolute atomic E-state index is 13.2. The monoisotopic (exact) mass is 277 g/mol. The molecule has 1 aliphatic heterocycles. The Bertz CT molecular complexity index is 640. The number of halogens is 1. The van der Waals surface area contributed by atoms with E-state index in [1.165, 1.54) is 18.2 Å². The molecule has 0 radical (unpaired) electrons. The minimum Gasteiger partial charge on any atom is -0.354 e. The normalized spacial score (nSPS) is 20.2. The van der Waals surface area contributed by atoms with Gasteiger partial charge in [-0.15, -0.1) is 0 Å². The van der Waals surface area contributed by atoms with Gasteiger partial charge in [0.2, 0.25) is 5.91 Å². The number of amides is 1. The molecule has 0 saturated carbocycles. The van der Waals surface area contributed by atoms with Crippen LogP contribution in [0.2, 0.25) is 0 Å². The van der Waals surface area contributed by atoms with Crippen LogP contribution in [0.1, 0.15) is 12.8 Å². The molecule has 1 saturated heterocycles. The number of hydrogen-bond donors (Lipinski definition) is 1. The second-order valence-electron chi connectivity index (χ2n) is 5.26. The summed E-state index contributed by atoms with van der Waals surface area (Å²) in [6.07, 6.45) is 1.86. The van der Waals surface area contributed by atoms with Crippen LogP contribution in [0.25, 0.3) is 11.0 Å². The fourth-order valence-electron chi connectivity index (χ4n) is 2.60. The van der Waals surface area contributed by atoms with Crippen molar-refractivity contribution in [3.63, 3.8) is 0 Å². The zero-order valence-electron chi connectivity index (χ0n) is 11.2. The number of hydrogen-bond acceptors (Lipinski definition) is 4. The molecule has 0 bridgehead atoms. The molecule has 106 valence electrons. The highest BCUT2D eigenvalue weighted by molar-refractivity contribution is 5.99. The average molecular weight is 277 g/mol. The van der Waals surface area contributed by atoms with Gasteiger partial charge in [-0.05, 0) is 44.6 Å². The number of likely N-dealkylation sites (tertiary alicyclic amines) is 1.